The molecule has 5 heteroatoms. The minimum absolute atomic E-state index is 0.176. The number of rotatable bonds is 5. The molecule has 1 fully saturated rings. The van der Waals surface area contributed by atoms with Gasteiger partial charge in [-0.2, -0.15) is 0 Å². The van der Waals surface area contributed by atoms with E-state index in [4.69, 9.17) is 10.2 Å². The molecule has 0 amide bonds. The zero-order valence-electron chi connectivity index (χ0n) is 13.2. The monoisotopic (exact) mass is 318 g/mol. The predicted octanol–water partition coefficient (Wildman–Crippen LogP) is 3.39. The summed E-state index contributed by atoms with van der Waals surface area (Å²) in [6.07, 6.45) is 4.06. The van der Waals surface area contributed by atoms with E-state index in [9.17, 15) is 9.59 Å². The Balaban J connectivity index is 0.000000440. The third-order valence-electron chi connectivity index (χ3n) is 2.35. The molecule has 1 aliphatic heterocycles. The standard InChI is InChI=1S/C12H12O2.C4H6O2.C2H4O/c1-10(12(13)14)6-5-9-11-7-3-2-4-8-11;1-3(2)4(5)6;1-2-3-1/h2-5,7-9H,1,6H2,(H,13,14);1H2,2H3,(H,5,6);1-2H2. The highest BCUT2D eigenvalue weighted by Crippen LogP contribution is 2.05. The second kappa shape index (κ2) is 11.9. The lowest BCUT2D eigenvalue weighted by Crippen LogP contribution is -1.96. The number of carboxylic acid groups (broad SMARTS) is 2. The van der Waals surface area contributed by atoms with Gasteiger partial charge in [-0.25, -0.2) is 9.59 Å². The Kier molecular flexibility index (Phi) is 10.6. The van der Waals surface area contributed by atoms with Gasteiger partial charge in [0, 0.05) is 11.1 Å². The lowest BCUT2D eigenvalue weighted by Gasteiger charge is -1.93. The molecule has 124 valence electrons. The van der Waals surface area contributed by atoms with Crippen molar-refractivity contribution in [3.05, 3.63) is 66.3 Å². The Morgan fingerprint density at radius 3 is 1.96 bits per heavy atom. The molecule has 0 unspecified atom stereocenters. The summed E-state index contributed by atoms with van der Waals surface area (Å²) in [5, 5.41) is 16.4. The van der Waals surface area contributed by atoms with E-state index < -0.39 is 11.9 Å². The Morgan fingerprint density at radius 2 is 1.61 bits per heavy atom. The summed E-state index contributed by atoms with van der Waals surface area (Å²) in [7, 11) is 0. The van der Waals surface area contributed by atoms with Crippen LogP contribution < -0.4 is 0 Å². The van der Waals surface area contributed by atoms with Crippen molar-refractivity contribution >= 4 is 18.0 Å². The summed E-state index contributed by atoms with van der Waals surface area (Å²) in [6, 6.07) is 9.73. The van der Waals surface area contributed by atoms with Gasteiger partial charge in [-0.1, -0.05) is 55.6 Å². The number of hydrogen-bond acceptors (Lipinski definition) is 3. The first-order valence-electron chi connectivity index (χ1n) is 6.93. The molecule has 0 atom stereocenters. The van der Waals surface area contributed by atoms with Gasteiger partial charge in [0.2, 0.25) is 0 Å². The Labute approximate surface area is 136 Å². The SMILES string of the molecule is C1CO1.C=C(C)C(=O)O.C=C(CC=Cc1ccccc1)C(=O)O. The van der Waals surface area contributed by atoms with Gasteiger partial charge in [0.1, 0.15) is 0 Å². The molecule has 0 saturated carbocycles. The summed E-state index contributed by atoms with van der Waals surface area (Å²) in [6.45, 7) is 10.0. The first-order valence-corrected chi connectivity index (χ1v) is 6.93. The molecule has 1 aromatic carbocycles. The highest BCUT2D eigenvalue weighted by atomic mass is 16.6. The van der Waals surface area contributed by atoms with Crippen LogP contribution in [0.5, 0.6) is 0 Å². The molecule has 5 nitrogen and oxygen atoms in total. The van der Waals surface area contributed by atoms with Gasteiger partial charge in [0.15, 0.2) is 0 Å². The van der Waals surface area contributed by atoms with E-state index >= 15 is 0 Å². The Morgan fingerprint density at radius 1 is 1.13 bits per heavy atom. The van der Waals surface area contributed by atoms with E-state index in [1.165, 1.54) is 6.92 Å². The summed E-state index contributed by atoms with van der Waals surface area (Å²) in [5.41, 5.74) is 1.44. The molecule has 1 heterocycles. The fraction of sp³-hybridized carbons (Fsp3) is 0.222. The molecule has 0 spiro atoms. The number of aliphatic carboxylic acids is 2. The van der Waals surface area contributed by atoms with E-state index in [0.717, 1.165) is 18.8 Å². The van der Waals surface area contributed by atoms with Gasteiger partial charge in [-0.3, -0.25) is 0 Å². The Hall–Kier alpha value is -2.66. The van der Waals surface area contributed by atoms with E-state index in [0.29, 0.717) is 6.42 Å². The molecule has 1 aromatic rings. The molecular formula is C18H22O5. The van der Waals surface area contributed by atoms with Crippen LogP contribution in [-0.2, 0) is 14.3 Å². The van der Waals surface area contributed by atoms with Crippen molar-refractivity contribution in [2.24, 2.45) is 0 Å². The van der Waals surface area contributed by atoms with Crippen LogP contribution in [0.15, 0.2) is 60.7 Å². The summed E-state index contributed by atoms with van der Waals surface area (Å²) in [5.74, 6) is -1.88. The summed E-state index contributed by atoms with van der Waals surface area (Å²) < 4.78 is 4.50. The van der Waals surface area contributed by atoms with E-state index in [1.807, 2.05) is 36.4 Å². The summed E-state index contributed by atoms with van der Waals surface area (Å²) >= 11 is 0. The van der Waals surface area contributed by atoms with Crippen LogP contribution in [0.2, 0.25) is 0 Å². The number of carboxylic acids is 2. The van der Waals surface area contributed by atoms with Crippen molar-refractivity contribution in [3.63, 3.8) is 0 Å². The molecular weight excluding hydrogens is 296 g/mol. The Bertz CT molecular complexity index is 541. The number of benzene rings is 1. The van der Waals surface area contributed by atoms with Crippen molar-refractivity contribution < 1.29 is 24.5 Å². The van der Waals surface area contributed by atoms with Crippen molar-refractivity contribution in [2.45, 2.75) is 13.3 Å². The maximum Gasteiger partial charge on any atom is 0.331 e. The molecule has 23 heavy (non-hydrogen) atoms. The molecule has 1 saturated heterocycles. The van der Waals surface area contributed by atoms with Crippen LogP contribution >= 0.6 is 0 Å². The zero-order chi connectivity index (χ0) is 17.7. The molecule has 0 aliphatic carbocycles. The van der Waals surface area contributed by atoms with Gasteiger partial charge < -0.3 is 14.9 Å². The van der Waals surface area contributed by atoms with Crippen LogP contribution in [0.1, 0.15) is 18.9 Å². The maximum atomic E-state index is 10.4. The molecule has 0 aromatic heterocycles. The van der Waals surface area contributed by atoms with Crippen LogP contribution in [-0.4, -0.2) is 35.4 Å². The van der Waals surface area contributed by atoms with Crippen LogP contribution in [0, 0.1) is 0 Å². The first kappa shape index (κ1) is 20.3. The quantitative estimate of drug-likeness (QED) is 0.642. The highest BCUT2D eigenvalue weighted by Gasteiger charge is 1.99. The molecule has 0 bridgehead atoms. The minimum atomic E-state index is -0.942. The third-order valence-corrected chi connectivity index (χ3v) is 2.35. The number of epoxide rings is 1. The van der Waals surface area contributed by atoms with Crippen LogP contribution in [0.25, 0.3) is 6.08 Å². The van der Waals surface area contributed by atoms with Crippen molar-refractivity contribution in [3.8, 4) is 0 Å². The third kappa shape index (κ3) is 14.1. The van der Waals surface area contributed by atoms with Gasteiger partial charge in [0.05, 0.1) is 13.2 Å². The van der Waals surface area contributed by atoms with E-state index in [2.05, 4.69) is 17.9 Å². The van der Waals surface area contributed by atoms with E-state index in [1.54, 1.807) is 6.08 Å². The van der Waals surface area contributed by atoms with Gasteiger partial charge in [-0.05, 0) is 18.9 Å². The van der Waals surface area contributed by atoms with Crippen molar-refractivity contribution in [1.29, 1.82) is 0 Å². The maximum absolute atomic E-state index is 10.4. The van der Waals surface area contributed by atoms with Crippen molar-refractivity contribution in [1.82, 2.24) is 0 Å². The van der Waals surface area contributed by atoms with Gasteiger partial charge in [0.25, 0.3) is 0 Å². The minimum Gasteiger partial charge on any atom is -0.478 e. The largest absolute Gasteiger partial charge is 0.478 e. The first-order chi connectivity index (χ1) is 10.8. The topological polar surface area (TPSA) is 87.1 Å². The average molecular weight is 318 g/mol. The van der Waals surface area contributed by atoms with Crippen LogP contribution in [0.3, 0.4) is 0 Å². The zero-order valence-corrected chi connectivity index (χ0v) is 13.2. The predicted molar refractivity (Wildman–Crippen MR) is 90.1 cm³/mol. The molecule has 2 rings (SSSR count). The van der Waals surface area contributed by atoms with E-state index in [-0.39, 0.29) is 11.1 Å². The number of allylic oxidation sites excluding steroid dienone is 1. The average Bonchev–Trinajstić information content (AvgIpc) is 3.37. The lowest BCUT2D eigenvalue weighted by atomic mass is 10.1. The molecule has 0 radical (unpaired) electrons. The number of hydrogen-bond donors (Lipinski definition) is 2. The fourth-order valence-electron chi connectivity index (χ4n) is 0.989. The van der Waals surface area contributed by atoms with Crippen molar-refractivity contribution in [2.75, 3.05) is 13.2 Å². The van der Waals surface area contributed by atoms with Gasteiger partial charge in [-0.15, -0.1) is 0 Å². The van der Waals surface area contributed by atoms with Gasteiger partial charge >= 0.3 is 11.9 Å². The highest BCUT2D eigenvalue weighted by molar-refractivity contribution is 5.86. The fourth-order valence-corrected chi connectivity index (χ4v) is 0.989. The lowest BCUT2D eigenvalue weighted by molar-refractivity contribution is -0.133. The number of ether oxygens (including phenoxy) is 1. The normalized spacial score (nSPS) is 11.3. The second-order valence-electron chi connectivity index (χ2n) is 4.62. The smallest absolute Gasteiger partial charge is 0.331 e. The van der Waals surface area contributed by atoms with Crippen LogP contribution in [0.4, 0.5) is 0 Å². The summed E-state index contributed by atoms with van der Waals surface area (Å²) in [4.78, 5) is 20.0. The molecule has 1 aliphatic rings. The molecule has 2 N–H and O–H groups in total. The number of carbonyl (C=O) groups is 2. The second-order valence-corrected chi connectivity index (χ2v) is 4.62.